The van der Waals surface area contributed by atoms with E-state index in [1.807, 2.05) is 36.4 Å². The maximum absolute atomic E-state index is 13.4. The van der Waals surface area contributed by atoms with Gasteiger partial charge in [-0.3, -0.25) is 9.59 Å². The molecule has 41 heavy (non-hydrogen) atoms. The Morgan fingerprint density at radius 2 is 1.71 bits per heavy atom. The molecule has 3 rings (SSSR count). The zero-order valence-corrected chi connectivity index (χ0v) is 25.6. The van der Waals surface area contributed by atoms with Crippen LogP contribution in [0.2, 0.25) is 0 Å². The summed E-state index contributed by atoms with van der Waals surface area (Å²) in [6, 6.07) is 9.64. The summed E-state index contributed by atoms with van der Waals surface area (Å²) in [6.07, 6.45) is 3.54. The van der Waals surface area contributed by atoms with Gasteiger partial charge in [0.05, 0.1) is 37.9 Å². The number of benzene rings is 1. The minimum Gasteiger partial charge on any atom is -0.492 e. The number of carbonyl (C=O) groups is 3. The van der Waals surface area contributed by atoms with Gasteiger partial charge in [0.1, 0.15) is 22.7 Å². The van der Waals surface area contributed by atoms with Crippen molar-refractivity contribution in [1.29, 1.82) is 0 Å². The van der Waals surface area contributed by atoms with Crippen molar-refractivity contribution < 1.29 is 33.3 Å². The van der Waals surface area contributed by atoms with Gasteiger partial charge >= 0.3 is 6.09 Å². The number of ether oxygens (including phenoxy) is 4. The van der Waals surface area contributed by atoms with Gasteiger partial charge in [0.2, 0.25) is 5.91 Å². The first-order chi connectivity index (χ1) is 19.7. The number of rotatable bonds is 14. The van der Waals surface area contributed by atoms with Crippen LogP contribution in [-0.2, 0) is 35.1 Å². The molecule has 1 aromatic carbocycles. The second kappa shape index (κ2) is 16.7. The number of amides is 3. The van der Waals surface area contributed by atoms with Crippen LogP contribution in [-0.4, -0.2) is 84.9 Å². The van der Waals surface area contributed by atoms with E-state index in [9.17, 15) is 14.4 Å². The number of thiol groups is 1. The molecule has 1 heterocycles. The molecule has 1 saturated heterocycles. The number of hydrogen-bond donors (Lipinski definition) is 3. The molecule has 1 aromatic rings. The Labute approximate surface area is 252 Å². The molecular formula is C29H41N3O7S2. The minimum atomic E-state index is -0.628. The highest BCUT2D eigenvalue weighted by Crippen LogP contribution is 2.33. The van der Waals surface area contributed by atoms with Gasteiger partial charge in [0.25, 0.3) is 5.91 Å². The molecule has 226 valence electrons. The van der Waals surface area contributed by atoms with Crippen LogP contribution in [0.15, 0.2) is 53.8 Å². The zero-order chi connectivity index (χ0) is 29.7. The number of thioether (sulfide) groups is 1. The van der Waals surface area contributed by atoms with Crippen LogP contribution in [0, 0.1) is 5.92 Å². The fourth-order valence-corrected chi connectivity index (χ4v) is 5.49. The topological polar surface area (TPSA) is 115 Å². The second-order valence-corrected chi connectivity index (χ2v) is 12.4. The second-order valence-electron chi connectivity index (χ2n) is 10.4. The Morgan fingerprint density at radius 1 is 1.02 bits per heavy atom. The summed E-state index contributed by atoms with van der Waals surface area (Å²) in [5.74, 6) is 0.155. The first-order valence-electron chi connectivity index (χ1n) is 13.7. The molecule has 2 atom stereocenters. The molecule has 1 fully saturated rings. The van der Waals surface area contributed by atoms with Crippen molar-refractivity contribution in [3.05, 3.63) is 59.4 Å². The van der Waals surface area contributed by atoms with Crippen molar-refractivity contribution in [2.24, 2.45) is 5.92 Å². The third-order valence-electron chi connectivity index (χ3n) is 5.98. The molecule has 0 radical (unpaired) electrons. The van der Waals surface area contributed by atoms with Crippen molar-refractivity contribution in [2.75, 3.05) is 51.8 Å². The lowest BCUT2D eigenvalue weighted by atomic mass is 9.92. The van der Waals surface area contributed by atoms with Gasteiger partial charge < -0.3 is 34.5 Å². The smallest absolute Gasteiger partial charge is 0.407 e. The van der Waals surface area contributed by atoms with Crippen molar-refractivity contribution in [2.45, 2.75) is 44.1 Å². The van der Waals surface area contributed by atoms with Crippen molar-refractivity contribution in [3.63, 3.8) is 0 Å². The lowest BCUT2D eigenvalue weighted by molar-refractivity contribution is -0.126. The lowest BCUT2D eigenvalue weighted by Gasteiger charge is -2.27. The molecule has 2 N–H and O–H groups in total. The molecule has 2 aliphatic rings. The maximum atomic E-state index is 13.4. The van der Waals surface area contributed by atoms with Gasteiger partial charge in [-0.05, 0) is 38.8 Å². The highest BCUT2D eigenvalue weighted by molar-refractivity contribution is 8.10. The molecule has 0 spiro atoms. The van der Waals surface area contributed by atoms with E-state index in [-0.39, 0.29) is 23.1 Å². The number of hydrogen-bond acceptors (Lipinski definition) is 9. The van der Waals surface area contributed by atoms with E-state index >= 15 is 0 Å². The first kappa shape index (κ1) is 32.8. The first-order valence-corrected chi connectivity index (χ1v) is 15.3. The summed E-state index contributed by atoms with van der Waals surface area (Å²) in [7, 11) is 0. The molecule has 0 aromatic heterocycles. The quantitative estimate of drug-likeness (QED) is 0.218. The van der Waals surface area contributed by atoms with E-state index in [2.05, 4.69) is 23.3 Å². The summed E-state index contributed by atoms with van der Waals surface area (Å²) >= 11 is 6.12. The number of nitrogens with one attached hydrogen (secondary N) is 2. The monoisotopic (exact) mass is 607 g/mol. The summed E-state index contributed by atoms with van der Waals surface area (Å²) in [6.45, 7) is 8.21. The van der Waals surface area contributed by atoms with Crippen LogP contribution in [0.4, 0.5) is 4.79 Å². The Kier molecular flexibility index (Phi) is 13.4. The average Bonchev–Trinajstić information content (AvgIpc) is 3.37. The highest BCUT2D eigenvalue weighted by atomic mass is 32.2. The van der Waals surface area contributed by atoms with Crippen molar-refractivity contribution in [3.8, 4) is 0 Å². The van der Waals surface area contributed by atoms with Crippen LogP contribution < -0.4 is 10.6 Å². The molecular weight excluding hydrogens is 566 g/mol. The maximum Gasteiger partial charge on any atom is 0.407 e. The number of alkyl carbamates (subject to hydrolysis) is 1. The van der Waals surface area contributed by atoms with Gasteiger partial charge in [-0.25, -0.2) is 4.79 Å². The standard InChI is InChI=1S/C29H41N3O7S2/c1-29(2,3)39-27(35)31-13-16-37-18-17-36-15-12-30-25(33)22-10-7-11-23(26(34)32-14-19-41-28(32)40)24(22)38-20-21-8-5-4-6-9-21/h4-9,11,22,28,40H,10,12-20H2,1-3H3,(H,30,33)(H,31,35). The van der Waals surface area contributed by atoms with Crippen LogP contribution >= 0.6 is 24.4 Å². The highest BCUT2D eigenvalue weighted by Gasteiger charge is 2.35. The van der Waals surface area contributed by atoms with Crippen LogP contribution in [0.1, 0.15) is 32.8 Å². The number of allylic oxidation sites excluding steroid dienone is 1. The van der Waals surface area contributed by atoms with Gasteiger partial charge in [0.15, 0.2) is 0 Å². The molecule has 1 aliphatic carbocycles. The molecule has 2 unspecified atom stereocenters. The van der Waals surface area contributed by atoms with E-state index in [0.29, 0.717) is 63.8 Å². The van der Waals surface area contributed by atoms with Gasteiger partial charge in [-0.15, -0.1) is 24.4 Å². The Bertz CT molecular complexity index is 1080. The fraction of sp³-hybridized carbons (Fsp3) is 0.552. The fourth-order valence-electron chi connectivity index (χ4n) is 4.06. The van der Waals surface area contributed by atoms with E-state index in [1.165, 1.54) is 0 Å². The van der Waals surface area contributed by atoms with Gasteiger partial charge in [0, 0.05) is 25.4 Å². The van der Waals surface area contributed by atoms with Crippen molar-refractivity contribution in [1.82, 2.24) is 15.5 Å². The third kappa shape index (κ3) is 11.3. The zero-order valence-electron chi connectivity index (χ0n) is 23.9. The Morgan fingerprint density at radius 3 is 2.34 bits per heavy atom. The SMILES string of the molecule is CC(C)(C)OC(=O)NCCOCCOCCNC(=O)C1CC=CC(C(=O)N2CCSC2S)=C1OCc1ccccc1. The number of carbonyl (C=O) groups excluding carboxylic acids is 3. The van der Waals surface area contributed by atoms with Gasteiger partial charge in [-0.2, -0.15) is 0 Å². The molecule has 10 nitrogen and oxygen atoms in total. The summed E-state index contributed by atoms with van der Waals surface area (Å²) in [4.78, 5) is 39.9. The summed E-state index contributed by atoms with van der Waals surface area (Å²) in [5, 5.41) is 5.52. The van der Waals surface area contributed by atoms with E-state index in [4.69, 9.17) is 18.9 Å². The predicted molar refractivity (Wildman–Crippen MR) is 161 cm³/mol. The molecule has 0 bridgehead atoms. The Hall–Kier alpha value is -2.67. The summed E-state index contributed by atoms with van der Waals surface area (Å²) in [5.41, 5.74) is 0.793. The lowest BCUT2D eigenvalue weighted by Crippen LogP contribution is -2.38. The summed E-state index contributed by atoms with van der Waals surface area (Å²) < 4.78 is 22.1. The Balaban J connectivity index is 1.44. The molecule has 0 saturated carbocycles. The van der Waals surface area contributed by atoms with Gasteiger partial charge in [-0.1, -0.05) is 36.4 Å². The van der Waals surface area contributed by atoms with E-state index in [1.54, 1.807) is 43.5 Å². The normalized spacial score (nSPS) is 18.8. The van der Waals surface area contributed by atoms with E-state index in [0.717, 1.165) is 11.3 Å². The largest absolute Gasteiger partial charge is 0.492 e. The number of nitrogens with zero attached hydrogens (tertiary/aromatic N) is 1. The predicted octanol–water partition coefficient (Wildman–Crippen LogP) is 3.50. The van der Waals surface area contributed by atoms with Crippen molar-refractivity contribution >= 4 is 42.3 Å². The van der Waals surface area contributed by atoms with Crippen LogP contribution in [0.25, 0.3) is 0 Å². The third-order valence-corrected chi connectivity index (χ3v) is 7.68. The van der Waals surface area contributed by atoms with Crippen LogP contribution in [0.5, 0.6) is 0 Å². The molecule has 3 amide bonds. The minimum absolute atomic E-state index is 0.184. The van der Waals surface area contributed by atoms with E-state index < -0.39 is 17.6 Å². The van der Waals surface area contributed by atoms with Crippen LogP contribution in [0.3, 0.4) is 0 Å². The average molecular weight is 608 g/mol. The molecule has 1 aliphatic heterocycles. The molecule has 12 heteroatoms.